The highest BCUT2D eigenvalue weighted by Gasteiger charge is 2.34. The van der Waals surface area contributed by atoms with Crippen molar-refractivity contribution in [3.8, 4) is 0 Å². The van der Waals surface area contributed by atoms with Crippen molar-refractivity contribution in [2.75, 3.05) is 23.8 Å². The molecule has 0 aromatic heterocycles. The van der Waals surface area contributed by atoms with Crippen LogP contribution >= 0.6 is 23.5 Å². The first-order chi connectivity index (χ1) is 8.72. The number of rotatable bonds is 4. The van der Waals surface area contributed by atoms with Crippen molar-refractivity contribution >= 4 is 23.5 Å². The lowest BCUT2D eigenvalue weighted by atomic mass is 9.72. The van der Waals surface area contributed by atoms with Gasteiger partial charge in [0.2, 0.25) is 0 Å². The van der Waals surface area contributed by atoms with Crippen LogP contribution in [0.2, 0.25) is 0 Å². The smallest absolute Gasteiger partial charge is 0.0294 e. The lowest BCUT2D eigenvalue weighted by Gasteiger charge is -2.41. The summed E-state index contributed by atoms with van der Waals surface area (Å²) in [5.74, 6) is 6.87. The fourth-order valence-corrected chi connectivity index (χ4v) is 6.43. The van der Waals surface area contributed by atoms with E-state index in [4.69, 9.17) is 0 Å². The van der Waals surface area contributed by atoms with Crippen LogP contribution in [-0.2, 0) is 0 Å². The molecule has 1 nitrogen and oxygen atoms in total. The van der Waals surface area contributed by atoms with Gasteiger partial charge in [-0.1, -0.05) is 27.2 Å². The molecule has 2 aliphatic rings. The van der Waals surface area contributed by atoms with Crippen molar-refractivity contribution in [2.24, 2.45) is 17.8 Å². The lowest BCUT2D eigenvalue weighted by Crippen LogP contribution is -2.48. The number of thioether (sulfide) groups is 2. The van der Waals surface area contributed by atoms with Crippen molar-refractivity contribution in [1.29, 1.82) is 0 Å². The third-order valence-corrected chi connectivity index (χ3v) is 7.71. The first-order valence-electron chi connectivity index (χ1n) is 7.65. The summed E-state index contributed by atoms with van der Waals surface area (Å²) in [6, 6.07) is 0.766. The molecule has 0 amide bonds. The third kappa shape index (κ3) is 3.83. The molecule has 1 aliphatic carbocycles. The number of hydrogen-bond donors (Lipinski definition) is 1. The van der Waals surface area contributed by atoms with Gasteiger partial charge in [-0.2, -0.15) is 23.5 Å². The summed E-state index contributed by atoms with van der Waals surface area (Å²) in [4.78, 5) is 0. The maximum absolute atomic E-state index is 3.82. The first-order valence-corrected chi connectivity index (χ1v) is 9.85. The zero-order chi connectivity index (χ0) is 13.0. The molecule has 1 N–H and O–H groups in total. The van der Waals surface area contributed by atoms with Gasteiger partial charge < -0.3 is 5.32 Å². The quantitative estimate of drug-likeness (QED) is 0.842. The zero-order valence-electron chi connectivity index (χ0n) is 12.2. The SMILES string of the molecule is CCNC(C1CCC(C)C(C)C1)C1CSCCS1. The monoisotopic (exact) mass is 287 g/mol. The second-order valence-electron chi connectivity index (χ2n) is 6.10. The first kappa shape index (κ1) is 15.1. The Morgan fingerprint density at radius 3 is 2.61 bits per heavy atom. The third-order valence-electron chi connectivity index (χ3n) is 4.83. The van der Waals surface area contributed by atoms with Gasteiger partial charge in [-0.15, -0.1) is 0 Å². The molecule has 1 saturated carbocycles. The fraction of sp³-hybridized carbons (Fsp3) is 1.00. The lowest BCUT2D eigenvalue weighted by molar-refractivity contribution is 0.171. The molecular weight excluding hydrogens is 258 g/mol. The Kier molecular flexibility index (Phi) is 6.23. The van der Waals surface area contributed by atoms with Crippen molar-refractivity contribution < 1.29 is 0 Å². The number of hydrogen-bond acceptors (Lipinski definition) is 3. The molecule has 0 radical (unpaired) electrons. The van der Waals surface area contributed by atoms with E-state index in [-0.39, 0.29) is 0 Å². The van der Waals surface area contributed by atoms with Crippen LogP contribution in [-0.4, -0.2) is 35.1 Å². The maximum Gasteiger partial charge on any atom is 0.0294 e. The van der Waals surface area contributed by atoms with Gasteiger partial charge in [0.05, 0.1) is 0 Å². The average molecular weight is 288 g/mol. The second-order valence-corrected chi connectivity index (χ2v) is 8.59. The topological polar surface area (TPSA) is 12.0 Å². The standard InChI is InChI=1S/C15H29NS2/c1-4-16-15(14-10-17-7-8-18-14)13-6-5-11(2)12(3)9-13/h11-16H,4-10H2,1-3H3. The van der Waals surface area contributed by atoms with Crippen LogP contribution < -0.4 is 5.32 Å². The molecule has 1 saturated heterocycles. The van der Waals surface area contributed by atoms with Gasteiger partial charge in [0, 0.05) is 28.6 Å². The molecule has 0 aromatic carbocycles. The van der Waals surface area contributed by atoms with E-state index in [1.807, 2.05) is 0 Å². The fourth-order valence-electron chi connectivity index (χ4n) is 3.47. The zero-order valence-corrected chi connectivity index (χ0v) is 13.8. The molecule has 1 aliphatic heterocycles. The summed E-state index contributed by atoms with van der Waals surface area (Å²) >= 11 is 4.39. The van der Waals surface area contributed by atoms with Crippen LogP contribution in [0.4, 0.5) is 0 Å². The Hall–Kier alpha value is 0.660. The highest BCUT2D eigenvalue weighted by molar-refractivity contribution is 8.06. The van der Waals surface area contributed by atoms with Gasteiger partial charge >= 0.3 is 0 Å². The summed E-state index contributed by atoms with van der Waals surface area (Å²) in [6.07, 6.45) is 4.34. The Morgan fingerprint density at radius 2 is 2.00 bits per heavy atom. The van der Waals surface area contributed by atoms with Crippen molar-refractivity contribution in [2.45, 2.75) is 51.3 Å². The second kappa shape index (κ2) is 7.44. The van der Waals surface area contributed by atoms with E-state index < -0.39 is 0 Å². The van der Waals surface area contributed by atoms with Crippen LogP contribution in [0.5, 0.6) is 0 Å². The predicted octanol–water partition coefficient (Wildman–Crippen LogP) is 3.89. The molecule has 0 aromatic rings. The minimum absolute atomic E-state index is 0.766. The summed E-state index contributed by atoms with van der Waals surface area (Å²) in [5.41, 5.74) is 0. The summed E-state index contributed by atoms with van der Waals surface area (Å²) in [5, 5.41) is 4.68. The Balaban J connectivity index is 1.95. The van der Waals surface area contributed by atoms with E-state index >= 15 is 0 Å². The predicted molar refractivity (Wildman–Crippen MR) is 86.7 cm³/mol. The van der Waals surface area contributed by atoms with Gasteiger partial charge in [-0.3, -0.25) is 0 Å². The van der Waals surface area contributed by atoms with Gasteiger partial charge in [0.15, 0.2) is 0 Å². The van der Waals surface area contributed by atoms with Gasteiger partial charge in [-0.05, 0) is 37.1 Å². The van der Waals surface area contributed by atoms with Gasteiger partial charge in [0.25, 0.3) is 0 Å². The van der Waals surface area contributed by atoms with Crippen molar-refractivity contribution in [3.05, 3.63) is 0 Å². The Bertz CT molecular complexity index is 241. The van der Waals surface area contributed by atoms with E-state index in [1.54, 1.807) is 0 Å². The molecule has 2 fully saturated rings. The van der Waals surface area contributed by atoms with Crippen molar-refractivity contribution in [1.82, 2.24) is 5.32 Å². The van der Waals surface area contributed by atoms with Crippen LogP contribution in [0.1, 0.15) is 40.0 Å². The molecule has 2 rings (SSSR count). The largest absolute Gasteiger partial charge is 0.313 e. The molecule has 0 spiro atoms. The molecule has 106 valence electrons. The Labute approximate surface area is 122 Å². The van der Waals surface area contributed by atoms with E-state index in [0.717, 1.165) is 35.6 Å². The maximum atomic E-state index is 3.82. The van der Waals surface area contributed by atoms with Crippen LogP contribution in [0.15, 0.2) is 0 Å². The summed E-state index contributed by atoms with van der Waals surface area (Å²) < 4.78 is 0. The Morgan fingerprint density at radius 1 is 1.17 bits per heavy atom. The highest BCUT2D eigenvalue weighted by atomic mass is 32.2. The van der Waals surface area contributed by atoms with Crippen LogP contribution in [0, 0.1) is 17.8 Å². The highest BCUT2D eigenvalue weighted by Crippen LogP contribution is 2.39. The van der Waals surface area contributed by atoms with E-state index in [9.17, 15) is 0 Å². The molecule has 5 unspecified atom stereocenters. The molecule has 0 bridgehead atoms. The van der Waals surface area contributed by atoms with Crippen molar-refractivity contribution in [3.63, 3.8) is 0 Å². The van der Waals surface area contributed by atoms with Crippen LogP contribution in [0.25, 0.3) is 0 Å². The van der Waals surface area contributed by atoms with Gasteiger partial charge in [0.1, 0.15) is 0 Å². The molecule has 3 heteroatoms. The summed E-state index contributed by atoms with van der Waals surface area (Å²) in [6.45, 7) is 8.30. The summed E-state index contributed by atoms with van der Waals surface area (Å²) in [7, 11) is 0. The molecular formula is C15H29NS2. The van der Waals surface area contributed by atoms with Crippen LogP contribution in [0.3, 0.4) is 0 Å². The molecule has 18 heavy (non-hydrogen) atoms. The minimum atomic E-state index is 0.766. The molecule has 5 atom stereocenters. The molecule has 1 heterocycles. The number of nitrogens with one attached hydrogen (secondary N) is 1. The normalized spacial score (nSPS) is 39.5. The minimum Gasteiger partial charge on any atom is -0.313 e. The van der Waals surface area contributed by atoms with E-state index in [1.165, 1.54) is 36.5 Å². The van der Waals surface area contributed by atoms with E-state index in [0.29, 0.717) is 0 Å². The van der Waals surface area contributed by atoms with E-state index in [2.05, 4.69) is 49.6 Å². The van der Waals surface area contributed by atoms with Gasteiger partial charge in [-0.25, -0.2) is 0 Å². The average Bonchev–Trinajstić information content (AvgIpc) is 2.40.